The number of carboxylic acids is 2. The number of hydrogen-bond acceptors (Lipinski definition) is 9. The second-order valence-corrected chi connectivity index (χ2v) is 7.50. The Morgan fingerprint density at radius 2 is 1.97 bits per heavy atom. The predicted octanol–water partition coefficient (Wildman–Crippen LogP) is -0.731. The Hall–Kier alpha value is -4.62. The fourth-order valence-electron chi connectivity index (χ4n) is 3.36. The Bertz CT molecular complexity index is 1150. The molecule has 1 aromatic carbocycles. The van der Waals surface area contributed by atoms with Gasteiger partial charge in [0.05, 0.1) is 6.04 Å². The summed E-state index contributed by atoms with van der Waals surface area (Å²) >= 11 is 0. The van der Waals surface area contributed by atoms with E-state index in [1.54, 1.807) is 0 Å². The van der Waals surface area contributed by atoms with Gasteiger partial charge in [-0.1, -0.05) is 0 Å². The van der Waals surface area contributed by atoms with E-state index in [0.717, 1.165) is 0 Å². The van der Waals surface area contributed by atoms with E-state index in [4.69, 9.17) is 10.8 Å². The molecule has 2 aromatic rings. The average molecular weight is 473 g/mol. The molecule has 2 heterocycles. The number of nitrogens with zero attached hydrogens (tertiary/aromatic N) is 2. The smallest absolute Gasteiger partial charge is 0.326 e. The van der Waals surface area contributed by atoms with Crippen LogP contribution in [0.5, 0.6) is 0 Å². The molecule has 2 atom stereocenters. The maximum Gasteiger partial charge on any atom is 0.326 e. The van der Waals surface area contributed by atoms with Crippen LogP contribution in [0.25, 0.3) is 0 Å². The number of carbonyl (C=O) groups excluding carboxylic acids is 2. The van der Waals surface area contributed by atoms with Crippen LogP contribution in [0.15, 0.2) is 29.1 Å². The van der Waals surface area contributed by atoms with Crippen molar-refractivity contribution in [3.63, 3.8) is 0 Å². The third-order valence-electron chi connectivity index (χ3n) is 5.06. The van der Waals surface area contributed by atoms with Gasteiger partial charge in [0, 0.05) is 30.8 Å². The molecule has 1 aliphatic rings. The van der Waals surface area contributed by atoms with Crippen molar-refractivity contribution < 1.29 is 29.4 Å². The molecule has 1 aliphatic heterocycles. The second kappa shape index (κ2) is 10.3. The lowest BCUT2D eigenvalue weighted by Crippen LogP contribution is -2.45. The topological polar surface area (TPSA) is 220 Å². The number of aromatic amines is 1. The Morgan fingerprint density at radius 3 is 2.59 bits per heavy atom. The van der Waals surface area contributed by atoms with Crippen molar-refractivity contribution in [1.29, 1.82) is 0 Å². The highest BCUT2D eigenvalue weighted by Gasteiger charge is 2.24. The van der Waals surface area contributed by atoms with Crippen molar-refractivity contribution in [2.75, 3.05) is 34.4 Å². The van der Waals surface area contributed by atoms with Crippen LogP contribution < -0.4 is 32.1 Å². The number of carboxylic acid groups (broad SMARTS) is 2. The lowest BCUT2D eigenvalue weighted by molar-refractivity contribution is -0.140. The lowest BCUT2D eigenvalue weighted by Gasteiger charge is -2.30. The highest BCUT2D eigenvalue weighted by atomic mass is 16.4. The number of nitrogen functional groups attached to an aromatic ring is 1. The number of H-pyrrole nitrogens is 1. The molecule has 0 bridgehead atoms. The average Bonchev–Trinajstić information content (AvgIpc) is 2.80. The summed E-state index contributed by atoms with van der Waals surface area (Å²) in [5, 5.41) is 26.2. The third-order valence-corrected chi connectivity index (χ3v) is 5.06. The maximum absolute atomic E-state index is 12.4. The number of fused-ring (bicyclic) bond motifs is 1. The molecule has 2 amide bonds. The van der Waals surface area contributed by atoms with E-state index in [-0.39, 0.29) is 36.2 Å². The first-order chi connectivity index (χ1) is 16.2. The van der Waals surface area contributed by atoms with Gasteiger partial charge < -0.3 is 36.8 Å². The van der Waals surface area contributed by atoms with Crippen molar-refractivity contribution >= 4 is 47.4 Å². The minimum absolute atomic E-state index is 0.0216. The second-order valence-electron chi connectivity index (χ2n) is 7.50. The van der Waals surface area contributed by atoms with Crippen molar-refractivity contribution in [1.82, 2.24) is 15.3 Å². The fraction of sp³-hybridized carbons (Fsp3) is 0.300. The molecule has 0 saturated carbocycles. The van der Waals surface area contributed by atoms with Crippen LogP contribution in [0.3, 0.4) is 0 Å². The van der Waals surface area contributed by atoms with Crippen LogP contribution >= 0.6 is 0 Å². The summed E-state index contributed by atoms with van der Waals surface area (Å²) in [4.78, 5) is 65.9. The van der Waals surface area contributed by atoms with Crippen LogP contribution in [0.4, 0.5) is 23.1 Å². The Morgan fingerprint density at radius 1 is 1.26 bits per heavy atom. The van der Waals surface area contributed by atoms with Gasteiger partial charge in [-0.05, 0) is 30.7 Å². The Balaban J connectivity index is 1.65. The van der Waals surface area contributed by atoms with Gasteiger partial charge in [-0.2, -0.15) is 4.98 Å². The quantitative estimate of drug-likeness (QED) is 0.213. The van der Waals surface area contributed by atoms with Crippen LogP contribution in [0, 0.1) is 0 Å². The molecule has 0 spiro atoms. The maximum atomic E-state index is 12.4. The van der Waals surface area contributed by atoms with Crippen molar-refractivity contribution in [3.05, 3.63) is 40.2 Å². The molecule has 1 aromatic heterocycles. The molecule has 8 N–H and O–H groups in total. The van der Waals surface area contributed by atoms with Gasteiger partial charge in [0.1, 0.15) is 11.7 Å². The number of hydrogen-bond donors (Lipinski definition) is 7. The minimum atomic E-state index is -1.35. The molecule has 0 unspecified atom stereocenters. The van der Waals surface area contributed by atoms with E-state index < -0.39 is 35.9 Å². The van der Waals surface area contributed by atoms with E-state index >= 15 is 0 Å². The molecule has 14 heteroatoms. The number of aromatic nitrogens is 2. The zero-order chi connectivity index (χ0) is 24.8. The molecule has 180 valence electrons. The van der Waals surface area contributed by atoms with Crippen molar-refractivity contribution in [2.24, 2.45) is 0 Å². The van der Waals surface area contributed by atoms with E-state index in [9.17, 15) is 29.1 Å². The highest BCUT2D eigenvalue weighted by Crippen LogP contribution is 2.21. The molecule has 34 heavy (non-hydrogen) atoms. The fourth-order valence-corrected chi connectivity index (χ4v) is 3.36. The third kappa shape index (κ3) is 5.79. The standard InChI is InChI=1S/C20H23N7O7/c21-20-25-16-15(18(32)26-20)23-11(7-22-16)8-27(9-28)12-3-1-10(2-4-12)17(31)24-13(19(33)34)5-6-14(29)30/h1-4,9,11,13,23H,5-8H2,(H,24,31)(H,29,30)(H,33,34)(H4,21,22,25,26,32)/t11-,13+/m1/s1. The van der Waals surface area contributed by atoms with Crippen LogP contribution in [-0.2, 0) is 14.4 Å². The number of benzene rings is 1. The number of rotatable bonds is 10. The first kappa shape index (κ1) is 24.0. The molecule has 0 radical (unpaired) electrons. The summed E-state index contributed by atoms with van der Waals surface area (Å²) in [5.74, 6) is -2.91. The molecule has 0 aliphatic carbocycles. The number of nitrogens with one attached hydrogen (secondary N) is 4. The van der Waals surface area contributed by atoms with Crippen molar-refractivity contribution in [3.8, 4) is 0 Å². The SMILES string of the molecule is Nc1nc2c(c(=O)[nH]1)N[C@@H](CN(C=O)c1ccc(C(=O)N[C@@H](CCC(=O)O)C(=O)O)cc1)CN2. The summed E-state index contributed by atoms with van der Waals surface area (Å²) in [6, 6.07) is 4.16. The zero-order valence-corrected chi connectivity index (χ0v) is 17.8. The van der Waals surface area contributed by atoms with Gasteiger partial charge in [0.15, 0.2) is 5.82 Å². The molecule has 0 fully saturated rings. The molecule has 3 rings (SSSR count). The monoisotopic (exact) mass is 473 g/mol. The van der Waals surface area contributed by atoms with E-state index in [1.165, 1.54) is 29.2 Å². The molecular formula is C20H23N7O7. The summed E-state index contributed by atoms with van der Waals surface area (Å²) in [5.41, 5.74) is 5.89. The lowest BCUT2D eigenvalue weighted by atomic mass is 10.1. The van der Waals surface area contributed by atoms with Gasteiger partial charge in [0.2, 0.25) is 12.4 Å². The Labute approximate surface area is 192 Å². The van der Waals surface area contributed by atoms with E-state index in [1.807, 2.05) is 0 Å². The summed E-state index contributed by atoms with van der Waals surface area (Å²) in [6.07, 6.45) is -0.0671. The number of aliphatic carboxylic acids is 2. The van der Waals surface area contributed by atoms with E-state index in [2.05, 4.69) is 25.9 Å². The van der Waals surface area contributed by atoms with Crippen LogP contribution in [0.2, 0.25) is 0 Å². The molecular weight excluding hydrogens is 450 g/mol. The number of nitrogens with two attached hydrogens (primary N) is 1. The highest BCUT2D eigenvalue weighted by molar-refractivity contribution is 5.97. The number of anilines is 4. The first-order valence-electron chi connectivity index (χ1n) is 10.2. The summed E-state index contributed by atoms with van der Waals surface area (Å²) < 4.78 is 0. The summed E-state index contributed by atoms with van der Waals surface area (Å²) in [6.45, 7) is 0.544. The molecule has 14 nitrogen and oxygen atoms in total. The van der Waals surface area contributed by atoms with Gasteiger partial charge in [-0.3, -0.25) is 24.2 Å². The Kier molecular flexibility index (Phi) is 7.30. The summed E-state index contributed by atoms with van der Waals surface area (Å²) in [7, 11) is 0. The minimum Gasteiger partial charge on any atom is -0.481 e. The van der Waals surface area contributed by atoms with Crippen LogP contribution in [0.1, 0.15) is 23.2 Å². The first-order valence-corrected chi connectivity index (χ1v) is 10.2. The largest absolute Gasteiger partial charge is 0.481 e. The zero-order valence-electron chi connectivity index (χ0n) is 17.8. The normalized spacial score (nSPS) is 15.1. The van der Waals surface area contributed by atoms with Crippen LogP contribution in [-0.4, -0.2) is 69.6 Å². The van der Waals surface area contributed by atoms with Crippen molar-refractivity contribution in [2.45, 2.75) is 24.9 Å². The van der Waals surface area contributed by atoms with Gasteiger partial charge in [-0.15, -0.1) is 0 Å². The van der Waals surface area contributed by atoms with Gasteiger partial charge in [0.25, 0.3) is 11.5 Å². The van der Waals surface area contributed by atoms with Gasteiger partial charge >= 0.3 is 11.9 Å². The van der Waals surface area contributed by atoms with Gasteiger partial charge in [-0.25, -0.2) is 4.79 Å². The molecule has 0 saturated heterocycles. The predicted molar refractivity (Wildman–Crippen MR) is 121 cm³/mol. The van der Waals surface area contributed by atoms with E-state index in [0.29, 0.717) is 24.5 Å². The number of carbonyl (C=O) groups is 4. The number of amides is 2.